The van der Waals surface area contributed by atoms with E-state index in [1.54, 1.807) is 19.2 Å². The van der Waals surface area contributed by atoms with Gasteiger partial charge in [-0.3, -0.25) is 0 Å². The highest BCUT2D eigenvalue weighted by Gasteiger charge is 2.43. The molecule has 19 heavy (non-hydrogen) atoms. The van der Waals surface area contributed by atoms with Crippen LogP contribution in [0.1, 0.15) is 6.42 Å². The molecule has 6 heteroatoms. The summed E-state index contributed by atoms with van der Waals surface area (Å²) in [5, 5.41) is 9.63. The molecule has 0 saturated heterocycles. The molecule has 0 radical (unpaired) electrons. The van der Waals surface area contributed by atoms with Crippen LogP contribution in [0.5, 0.6) is 5.75 Å². The van der Waals surface area contributed by atoms with E-state index in [-0.39, 0.29) is 11.9 Å². The Bertz CT molecular complexity index is 429. The van der Waals surface area contributed by atoms with Crippen molar-refractivity contribution in [1.29, 1.82) is 0 Å². The Morgan fingerprint density at radius 1 is 1.42 bits per heavy atom. The fourth-order valence-electron chi connectivity index (χ4n) is 1.89. The van der Waals surface area contributed by atoms with Crippen molar-refractivity contribution in [3.63, 3.8) is 0 Å². The summed E-state index contributed by atoms with van der Waals surface area (Å²) in [5.41, 5.74) is 0. The fourth-order valence-corrected chi connectivity index (χ4v) is 2.23. The maximum atomic E-state index is 13.6. The van der Waals surface area contributed by atoms with Gasteiger partial charge < -0.3 is 19.3 Å². The van der Waals surface area contributed by atoms with E-state index in [4.69, 9.17) is 14.2 Å². The van der Waals surface area contributed by atoms with Crippen LogP contribution in [0.25, 0.3) is 0 Å². The van der Waals surface area contributed by atoms with Crippen LogP contribution in [-0.2, 0) is 9.47 Å². The first-order valence-corrected chi connectivity index (χ1v) is 6.81. The van der Waals surface area contributed by atoms with Crippen LogP contribution in [0.2, 0.25) is 0 Å². The number of aliphatic hydroxyl groups excluding tert-OH is 1. The molecule has 0 spiro atoms. The minimum absolute atomic E-state index is 0.159. The minimum atomic E-state index is -0.572. The molecule has 3 atom stereocenters. The second-order valence-electron chi connectivity index (χ2n) is 4.36. The van der Waals surface area contributed by atoms with Gasteiger partial charge in [-0.2, -0.15) is 0 Å². The molecule has 2 rings (SSSR count). The average Bonchev–Trinajstić information content (AvgIpc) is 2.38. The highest BCUT2D eigenvalue weighted by molar-refractivity contribution is 9.10. The van der Waals surface area contributed by atoms with Gasteiger partial charge in [-0.15, -0.1) is 0 Å². The predicted octanol–water partition coefficient (Wildman–Crippen LogP) is 2.13. The number of ether oxygens (including phenoxy) is 3. The largest absolute Gasteiger partial charge is 0.484 e. The molecule has 3 unspecified atom stereocenters. The van der Waals surface area contributed by atoms with Crippen LogP contribution in [0.3, 0.4) is 0 Å². The Kier molecular flexibility index (Phi) is 5.15. The number of methoxy groups -OCH3 is 1. The molecule has 1 fully saturated rings. The summed E-state index contributed by atoms with van der Waals surface area (Å²) >= 11 is 3.26. The van der Waals surface area contributed by atoms with Crippen LogP contribution in [0.15, 0.2) is 22.7 Å². The molecule has 4 nitrogen and oxygen atoms in total. The highest BCUT2D eigenvalue weighted by Crippen LogP contribution is 2.31. The summed E-state index contributed by atoms with van der Waals surface area (Å²) in [4.78, 5) is 0. The lowest BCUT2D eigenvalue weighted by atomic mass is 9.88. The second-order valence-corrected chi connectivity index (χ2v) is 5.28. The minimum Gasteiger partial charge on any atom is -0.484 e. The Labute approximate surface area is 119 Å². The van der Waals surface area contributed by atoms with Crippen LogP contribution < -0.4 is 4.74 Å². The Hall–Kier alpha value is -0.690. The number of hydrogen-bond donors (Lipinski definition) is 1. The van der Waals surface area contributed by atoms with Gasteiger partial charge in [-0.25, -0.2) is 4.39 Å². The third-order valence-electron chi connectivity index (χ3n) is 2.99. The van der Waals surface area contributed by atoms with Gasteiger partial charge in [0.15, 0.2) is 11.6 Å². The molecule has 1 aromatic rings. The lowest BCUT2D eigenvalue weighted by Crippen LogP contribution is -2.55. The Balaban J connectivity index is 1.93. The van der Waals surface area contributed by atoms with E-state index in [1.807, 2.05) is 0 Å². The summed E-state index contributed by atoms with van der Waals surface area (Å²) < 4.78 is 30.2. The normalized spacial score (nSPS) is 26.0. The van der Waals surface area contributed by atoms with Crippen molar-refractivity contribution < 1.29 is 23.7 Å². The van der Waals surface area contributed by atoms with Crippen molar-refractivity contribution in [1.82, 2.24) is 0 Å². The lowest BCUT2D eigenvalue weighted by molar-refractivity contribution is -0.167. The molecule has 1 saturated carbocycles. The third kappa shape index (κ3) is 3.66. The van der Waals surface area contributed by atoms with Gasteiger partial charge in [0.25, 0.3) is 0 Å². The molecule has 0 heterocycles. The van der Waals surface area contributed by atoms with Gasteiger partial charge in [0.1, 0.15) is 12.2 Å². The number of halogens is 2. The summed E-state index contributed by atoms with van der Waals surface area (Å²) in [6.45, 7) is 0.820. The van der Waals surface area contributed by atoms with Gasteiger partial charge in [-0.05, 0) is 18.2 Å². The summed E-state index contributed by atoms with van der Waals surface area (Å²) in [7, 11) is 1.57. The number of rotatable bonds is 6. The average molecular weight is 335 g/mol. The summed E-state index contributed by atoms with van der Waals surface area (Å²) in [6.07, 6.45) is -0.912. The monoisotopic (exact) mass is 334 g/mol. The van der Waals surface area contributed by atoms with Crippen molar-refractivity contribution in [2.75, 3.05) is 20.3 Å². The smallest absolute Gasteiger partial charge is 0.165 e. The van der Waals surface area contributed by atoms with E-state index in [0.717, 1.165) is 4.47 Å². The topological polar surface area (TPSA) is 47.9 Å². The highest BCUT2D eigenvalue weighted by atomic mass is 79.9. The van der Waals surface area contributed by atoms with Crippen molar-refractivity contribution in [3.8, 4) is 5.75 Å². The Morgan fingerprint density at radius 2 is 2.21 bits per heavy atom. The van der Waals surface area contributed by atoms with Gasteiger partial charge >= 0.3 is 0 Å². The van der Waals surface area contributed by atoms with Crippen LogP contribution >= 0.6 is 15.9 Å². The maximum Gasteiger partial charge on any atom is 0.165 e. The SMILES string of the molecule is COCCOC1C(O)CC1Oc1cc(Br)ccc1F. The maximum absolute atomic E-state index is 13.6. The van der Waals surface area contributed by atoms with Gasteiger partial charge in [0, 0.05) is 18.0 Å². The molecule has 0 aromatic heterocycles. The van der Waals surface area contributed by atoms with Crippen molar-refractivity contribution >= 4 is 15.9 Å². The molecule has 1 aromatic carbocycles. The van der Waals surface area contributed by atoms with E-state index in [2.05, 4.69) is 15.9 Å². The quantitative estimate of drug-likeness (QED) is 0.809. The van der Waals surface area contributed by atoms with E-state index in [9.17, 15) is 9.50 Å². The first-order valence-electron chi connectivity index (χ1n) is 6.02. The molecule has 0 amide bonds. The van der Waals surface area contributed by atoms with Gasteiger partial charge in [0.05, 0.1) is 19.3 Å². The molecule has 106 valence electrons. The molecular formula is C13H16BrFO4. The van der Waals surface area contributed by atoms with Crippen LogP contribution in [0, 0.1) is 5.82 Å². The first kappa shape index (κ1) is 14.7. The third-order valence-corrected chi connectivity index (χ3v) is 3.48. The predicted molar refractivity (Wildman–Crippen MR) is 70.8 cm³/mol. The van der Waals surface area contributed by atoms with Crippen molar-refractivity contribution in [2.24, 2.45) is 0 Å². The Morgan fingerprint density at radius 3 is 2.89 bits per heavy atom. The zero-order valence-electron chi connectivity index (χ0n) is 10.5. The van der Waals surface area contributed by atoms with E-state index in [0.29, 0.717) is 19.6 Å². The standard InChI is InChI=1S/C13H16BrFO4/c1-17-4-5-18-13-10(16)7-12(13)19-11-6-8(14)2-3-9(11)15/h2-3,6,10,12-13,16H,4-5,7H2,1H3. The van der Waals surface area contributed by atoms with E-state index in [1.165, 1.54) is 6.07 Å². The zero-order valence-corrected chi connectivity index (χ0v) is 12.1. The van der Waals surface area contributed by atoms with Crippen LogP contribution in [0.4, 0.5) is 4.39 Å². The number of aliphatic hydroxyl groups is 1. The molecular weight excluding hydrogens is 319 g/mol. The van der Waals surface area contributed by atoms with Gasteiger partial charge in [0.2, 0.25) is 0 Å². The van der Waals surface area contributed by atoms with E-state index >= 15 is 0 Å². The fraction of sp³-hybridized carbons (Fsp3) is 0.538. The summed E-state index contributed by atoms with van der Waals surface area (Å²) in [5.74, 6) is -0.271. The zero-order chi connectivity index (χ0) is 13.8. The van der Waals surface area contributed by atoms with Gasteiger partial charge in [-0.1, -0.05) is 15.9 Å². The lowest BCUT2D eigenvalue weighted by Gasteiger charge is -2.40. The molecule has 1 N–H and O–H groups in total. The number of benzene rings is 1. The van der Waals surface area contributed by atoms with Crippen molar-refractivity contribution in [3.05, 3.63) is 28.5 Å². The summed E-state index contributed by atoms with van der Waals surface area (Å²) in [6, 6.07) is 4.49. The molecule has 1 aliphatic rings. The van der Waals surface area contributed by atoms with Crippen LogP contribution in [-0.4, -0.2) is 43.7 Å². The molecule has 0 aliphatic heterocycles. The number of hydrogen-bond acceptors (Lipinski definition) is 4. The second kappa shape index (κ2) is 6.65. The van der Waals surface area contributed by atoms with E-state index < -0.39 is 18.0 Å². The molecule has 1 aliphatic carbocycles. The first-order chi connectivity index (χ1) is 9.11. The van der Waals surface area contributed by atoms with Crippen molar-refractivity contribution in [2.45, 2.75) is 24.7 Å². The molecule has 0 bridgehead atoms.